The van der Waals surface area contributed by atoms with Gasteiger partial charge < -0.3 is 18.6 Å². The van der Waals surface area contributed by atoms with E-state index in [-0.39, 0.29) is 24.1 Å². The van der Waals surface area contributed by atoms with Crippen molar-refractivity contribution in [3.05, 3.63) is 60.1 Å². The summed E-state index contributed by atoms with van der Waals surface area (Å²) in [6.07, 6.45) is -3.34. The van der Waals surface area contributed by atoms with Crippen LogP contribution in [-0.2, 0) is 12.7 Å². The van der Waals surface area contributed by atoms with E-state index >= 15 is 0 Å². The number of benzene rings is 2. The Morgan fingerprint density at radius 3 is 2.64 bits per heavy atom. The highest BCUT2D eigenvalue weighted by atomic mass is 19.4. The smallest absolute Gasteiger partial charge is 0.449 e. The molecule has 1 amide bonds. The number of fused-ring (bicyclic) bond motifs is 2. The number of methoxy groups -OCH3 is 1. The minimum atomic E-state index is -4.53. The molecule has 1 aliphatic heterocycles. The molecule has 2 aromatic heterocycles. The lowest BCUT2D eigenvalue weighted by molar-refractivity contribution is -0.147. The zero-order valence-corrected chi connectivity index (χ0v) is 17.9. The third-order valence-corrected chi connectivity index (χ3v) is 6.19. The van der Waals surface area contributed by atoms with Crippen LogP contribution in [0.3, 0.4) is 0 Å². The molecule has 0 N–H and O–H groups in total. The molecule has 9 heteroatoms. The van der Waals surface area contributed by atoms with Crippen LogP contribution < -0.4 is 4.74 Å². The summed E-state index contributed by atoms with van der Waals surface area (Å²) in [6.45, 7) is 1.11. The van der Waals surface area contributed by atoms with Crippen molar-refractivity contribution in [2.24, 2.45) is 5.92 Å². The van der Waals surface area contributed by atoms with Crippen LogP contribution in [0.2, 0.25) is 0 Å². The van der Waals surface area contributed by atoms with E-state index in [1.807, 2.05) is 12.1 Å². The normalized spacial score (nSPS) is 15.5. The predicted molar refractivity (Wildman–Crippen MR) is 116 cm³/mol. The lowest BCUT2D eigenvalue weighted by Gasteiger charge is -2.32. The van der Waals surface area contributed by atoms with Gasteiger partial charge in [-0.2, -0.15) is 13.2 Å². The molecule has 0 bridgehead atoms. The Labute approximate surface area is 187 Å². The fraction of sp³-hybridized carbons (Fsp3) is 0.333. The minimum absolute atomic E-state index is 0.00326. The maximum absolute atomic E-state index is 13.6. The molecular formula is C24H22F3N3O3. The molecule has 172 valence electrons. The van der Waals surface area contributed by atoms with Gasteiger partial charge in [0.2, 0.25) is 5.82 Å². The first kappa shape index (κ1) is 21.4. The summed E-state index contributed by atoms with van der Waals surface area (Å²) in [4.78, 5) is 18.5. The molecule has 0 unspecified atom stereocenters. The number of imidazole rings is 1. The second-order valence-corrected chi connectivity index (χ2v) is 8.26. The molecule has 3 heterocycles. The molecule has 0 atom stereocenters. The van der Waals surface area contributed by atoms with Crippen LogP contribution in [0.4, 0.5) is 13.2 Å². The van der Waals surface area contributed by atoms with Crippen LogP contribution >= 0.6 is 0 Å². The molecule has 5 rings (SSSR count). The predicted octanol–water partition coefficient (Wildman–Crippen LogP) is 5.36. The average molecular weight is 457 g/mol. The second kappa shape index (κ2) is 8.13. The largest absolute Gasteiger partial charge is 0.493 e. The van der Waals surface area contributed by atoms with E-state index in [1.54, 1.807) is 41.3 Å². The number of hydrogen-bond donors (Lipinski definition) is 0. The van der Waals surface area contributed by atoms with Crippen molar-refractivity contribution in [1.82, 2.24) is 14.5 Å². The number of rotatable bonds is 4. The van der Waals surface area contributed by atoms with Crippen molar-refractivity contribution >= 4 is 27.9 Å². The Balaban J connectivity index is 1.31. The fourth-order valence-electron chi connectivity index (χ4n) is 4.51. The summed E-state index contributed by atoms with van der Waals surface area (Å²) in [5.74, 6) is -0.316. The number of alkyl halides is 3. The maximum Gasteiger partial charge on any atom is 0.449 e. The van der Waals surface area contributed by atoms with Crippen LogP contribution in [0.25, 0.3) is 22.0 Å². The topological polar surface area (TPSA) is 60.5 Å². The van der Waals surface area contributed by atoms with Crippen molar-refractivity contribution in [3.63, 3.8) is 0 Å². The van der Waals surface area contributed by atoms with Gasteiger partial charge in [0.1, 0.15) is 0 Å². The van der Waals surface area contributed by atoms with Gasteiger partial charge in [-0.3, -0.25) is 4.79 Å². The van der Waals surface area contributed by atoms with Crippen LogP contribution in [0.5, 0.6) is 5.75 Å². The number of carbonyl (C=O) groups is 1. The lowest BCUT2D eigenvalue weighted by atomic mass is 9.96. The van der Waals surface area contributed by atoms with Crippen molar-refractivity contribution in [1.29, 1.82) is 0 Å². The monoisotopic (exact) mass is 457 g/mol. The number of likely N-dealkylation sites (tertiary alicyclic amines) is 1. The molecule has 1 fully saturated rings. The van der Waals surface area contributed by atoms with Gasteiger partial charge in [0.25, 0.3) is 5.91 Å². The Bertz CT molecular complexity index is 1320. The number of amides is 1. The molecule has 33 heavy (non-hydrogen) atoms. The zero-order valence-electron chi connectivity index (χ0n) is 17.9. The standard InChI is InChI=1S/C24H22F3N3O3/c1-32-19-8-4-5-16-13-20(33-21(16)19)22(31)29-11-9-15(10-12-29)14-30-18-7-3-2-6-17(18)28-23(30)24(25,26)27/h2-8,13,15H,9-12,14H2,1H3. The molecule has 0 saturated carbocycles. The van der Waals surface area contributed by atoms with Crippen molar-refractivity contribution in [2.75, 3.05) is 20.2 Å². The number of nitrogens with zero attached hydrogens (tertiary/aromatic N) is 3. The Hall–Kier alpha value is -3.49. The Morgan fingerprint density at radius 2 is 1.91 bits per heavy atom. The third-order valence-electron chi connectivity index (χ3n) is 6.19. The maximum atomic E-state index is 13.6. The summed E-state index contributed by atoms with van der Waals surface area (Å²) in [5, 5.41) is 0.777. The summed E-state index contributed by atoms with van der Waals surface area (Å²) in [5.41, 5.74) is 1.32. The van der Waals surface area contributed by atoms with Gasteiger partial charge in [-0.1, -0.05) is 24.3 Å². The van der Waals surface area contributed by atoms with Gasteiger partial charge >= 0.3 is 6.18 Å². The number of halogens is 3. The highest BCUT2D eigenvalue weighted by molar-refractivity contribution is 5.97. The van der Waals surface area contributed by atoms with Gasteiger partial charge in [-0.15, -0.1) is 0 Å². The summed E-state index contributed by atoms with van der Waals surface area (Å²) >= 11 is 0. The number of ether oxygens (including phenoxy) is 1. The highest BCUT2D eigenvalue weighted by Gasteiger charge is 2.38. The molecule has 1 saturated heterocycles. The molecule has 0 aliphatic carbocycles. The van der Waals surface area contributed by atoms with Crippen LogP contribution in [0, 0.1) is 5.92 Å². The van der Waals surface area contributed by atoms with Crippen LogP contribution in [0.15, 0.2) is 52.9 Å². The van der Waals surface area contributed by atoms with E-state index in [0.717, 1.165) is 5.39 Å². The highest BCUT2D eigenvalue weighted by Crippen LogP contribution is 2.34. The van der Waals surface area contributed by atoms with Crippen molar-refractivity contribution in [3.8, 4) is 5.75 Å². The second-order valence-electron chi connectivity index (χ2n) is 8.26. The third kappa shape index (κ3) is 3.92. The van der Waals surface area contributed by atoms with Crippen LogP contribution in [-0.4, -0.2) is 40.6 Å². The Morgan fingerprint density at radius 1 is 1.15 bits per heavy atom. The molecule has 2 aromatic carbocycles. The van der Waals surface area contributed by atoms with E-state index in [1.165, 1.54) is 11.7 Å². The minimum Gasteiger partial charge on any atom is -0.493 e. The number of hydrogen-bond acceptors (Lipinski definition) is 4. The number of piperidine rings is 1. The molecule has 0 radical (unpaired) electrons. The lowest BCUT2D eigenvalue weighted by Crippen LogP contribution is -2.39. The first-order valence-electron chi connectivity index (χ1n) is 10.7. The van der Waals surface area contributed by atoms with Gasteiger partial charge in [-0.25, -0.2) is 4.98 Å². The van der Waals surface area contributed by atoms with E-state index in [0.29, 0.717) is 48.3 Å². The van der Waals surface area contributed by atoms with Crippen molar-refractivity contribution < 1.29 is 27.1 Å². The summed E-state index contributed by atoms with van der Waals surface area (Å²) < 4.78 is 53.1. The number of furan rings is 1. The van der Waals surface area contributed by atoms with Crippen LogP contribution in [0.1, 0.15) is 29.2 Å². The van der Waals surface area contributed by atoms with Gasteiger partial charge in [0, 0.05) is 25.0 Å². The number of carbonyl (C=O) groups excluding carboxylic acids is 1. The van der Waals surface area contributed by atoms with E-state index in [2.05, 4.69) is 4.98 Å². The number of aromatic nitrogens is 2. The van der Waals surface area contributed by atoms with E-state index in [9.17, 15) is 18.0 Å². The quantitative estimate of drug-likeness (QED) is 0.414. The number of para-hydroxylation sites is 3. The molecular weight excluding hydrogens is 435 g/mol. The van der Waals surface area contributed by atoms with Crippen molar-refractivity contribution in [2.45, 2.75) is 25.6 Å². The molecule has 6 nitrogen and oxygen atoms in total. The summed E-state index contributed by atoms with van der Waals surface area (Å²) in [7, 11) is 1.54. The van der Waals surface area contributed by atoms with Gasteiger partial charge in [0.15, 0.2) is 17.1 Å². The first-order chi connectivity index (χ1) is 15.8. The first-order valence-corrected chi connectivity index (χ1v) is 10.7. The molecule has 4 aromatic rings. The SMILES string of the molecule is COc1cccc2cc(C(=O)N3CCC(Cn4c(C(F)(F)F)nc5ccccc54)CC3)oc12. The molecule has 0 spiro atoms. The summed E-state index contributed by atoms with van der Waals surface area (Å²) in [6, 6.07) is 13.8. The Kier molecular flexibility index (Phi) is 5.26. The van der Waals surface area contributed by atoms with E-state index in [4.69, 9.17) is 9.15 Å². The fourth-order valence-corrected chi connectivity index (χ4v) is 4.51. The molecule has 1 aliphatic rings. The van der Waals surface area contributed by atoms with E-state index < -0.39 is 12.0 Å². The van der Waals surface area contributed by atoms with Gasteiger partial charge in [0.05, 0.1) is 18.1 Å². The average Bonchev–Trinajstić information content (AvgIpc) is 3.41. The zero-order chi connectivity index (χ0) is 23.2. The van der Waals surface area contributed by atoms with Gasteiger partial charge in [-0.05, 0) is 43.0 Å².